The highest BCUT2D eigenvalue weighted by Gasteiger charge is 2.45. The van der Waals surface area contributed by atoms with Crippen LogP contribution in [0.1, 0.15) is 0 Å². The second kappa shape index (κ2) is 8.42. The zero-order chi connectivity index (χ0) is 24.0. The van der Waals surface area contributed by atoms with Crippen molar-refractivity contribution in [1.82, 2.24) is 0 Å². The van der Waals surface area contributed by atoms with Gasteiger partial charge < -0.3 is 54.7 Å². The van der Waals surface area contributed by atoms with E-state index >= 15 is 0 Å². The first kappa shape index (κ1) is 22.6. The van der Waals surface area contributed by atoms with E-state index in [-0.39, 0.29) is 17.1 Å². The van der Waals surface area contributed by atoms with E-state index in [4.69, 9.17) is 13.9 Å². The number of aromatic hydroxyl groups is 4. The lowest BCUT2D eigenvalue weighted by Crippen LogP contribution is -2.60. The standard InChI is InChI=1S/C21H20O12/c22-6-11-13(25)16(28)18(30)21(32-11)31-10-5-9(24)12-15(27)17(29)19(33-20(12)14(10)26)7-1-3-8(23)4-2-7/h1-5,11,13,16,18,21-26,28-30H,6H2/t11-,13-,16-,18-,21-/m0/s1. The van der Waals surface area contributed by atoms with Gasteiger partial charge in [-0.1, -0.05) is 0 Å². The number of aliphatic hydroxyl groups is 4. The normalized spacial score (nSPS) is 25.3. The number of rotatable bonds is 4. The van der Waals surface area contributed by atoms with Gasteiger partial charge in [-0.15, -0.1) is 0 Å². The highest BCUT2D eigenvalue weighted by molar-refractivity contribution is 5.93. The minimum atomic E-state index is -1.81. The van der Waals surface area contributed by atoms with Crippen LogP contribution in [0.5, 0.6) is 28.7 Å². The summed E-state index contributed by atoms with van der Waals surface area (Å²) in [6.07, 6.45) is -8.19. The largest absolute Gasteiger partial charge is 0.508 e. The molecule has 4 rings (SSSR count). The number of fused-ring (bicyclic) bond motifs is 1. The summed E-state index contributed by atoms with van der Waals surface area (Å²) in [5.41, 5.74) is -1.46. The molecule has 2 heterocycles. The van der Waals surface area contributed by atoms with Crippen LogP contribution in [0.15, 0.2) is 39.5 Å². The summed E-state index contributed by atoms with van der Waals surface area (Å²) in [4.78, 5) is 12.7. The van der Waals surface area contributed by atoms with Crippen molar-refractivity contribution in [1.29, 1.82) is 0 Å². The summed E-state index contributed by atoms with van der Waals surface area (Å²) < 4.78 is 16.0. The molecule has 0 amide bonds. The van der Waals surface area contributed by atoms with E-state index < -0.39 is 76.7 Å². The average molecular weight is 464 g/mol. The van der Waals surface area contributed by atoms with Crippen LogP contribution in [-0.2, 0) is 4.74 Å². The Morgan fingerprint density at radius 3 is 2.21 bits per heavy atom. The Morgan fingerprint density at radius 1 is 0.909 bits per heavy atom. The maximum absolute atomic E-state index is 12.7. The molecule has 0 radical (unpaired) electrons. The lowest BCUT2D eigenvalue weighted by Gasteiger charge is -2.39. The molecule has 1 saturated heterocycles. The lowest BCUT2D eigenvalue weighted by atomic mass is 9.99. The first-order valence-electron chi connectivity index (χ1n) is 9.65. The molecule has 8 N–H and O–H groups in total. The summed E-state index contributed by atoms with van der Waals surface area (Å²) in [6.45, 7) is -0.718. The van der Waals surface area contributed by atoms with Crippen LogP contribution in [0, 0.1) is 0 Å². The first-order valence-corrected chi connectivity index (χ1v) is 9.65. The third-order valence-corrected chi connectivity index (χ3v) is 5.28. The van der Waals surface area contributed by atoms with Crippen LogP contribution in [-0.4, -0.2) is 78.2 Å². The van der Waals surface area contributed by atoms with Gasteiger partial charge in [0.15, 0.2) is 17.1 Å². The van der Waals surface area contributed by atoms with E-state index in [2.05, 4.69) is 0 Å². The Bertz CT molecular complexity index is 1230. The maximum atomic E-state index is 12.7. The van der Waals surface area contributed by atoms with Crippen molar-refractivity contribution >= 4 is 11.0 Å². The van der Waals surface area contributed by atoms with Crippen molar-refractivity contribution < 1.29 is 54.7 Å². The Labute approximate surface area is 184 Å². The van der Waals surface area contributed by atoms with Gasteiger partial charge in [0.2, 0.25) is 23.2 Å². The summed E-state index contributed by atoms with van der Waals surface area (Å²) in [5.74, 6) is -3.40. The monoisotopic (exact) mass is 464 g/mol. The number of hydrogen-bond donors (Lipinski definition) is 8. The number of phenolic OH excluding ortho intramolecular Hbond substituents is 3. The maximum Gasteiger partial charge on any atom is 0.238 e. The van der Waals surface area contributed by atoms with E-state index in [0.717, 1.165) is 6.07 Å². The van der Waals surface area contributed by atoms with Crippen LogP contribution in [0.3, 0.4) is 0 Å². The van der Waals surface area contributed by atoms with Gasteiger partial charge in [0, 0.05) is 11.6 Å². The molecule has 33 heavy (non-hydrogen) atoms. The quantitative estimate of drug-likeness (QED) is 0.229. The fourth-order valence-electron chi connectivity index (χ4n) is 3.49. The molecular weight excluding hydrogens is 444 g/mol. The molecule has 2 aromatic carbocycles. The molecule has 1 aliphatic heterocycles. The number of benzene rings is 2. The van der Waals surface area contributed by atoms with Crippen molar-refractivity contribution in [3.63, 3.8) is 0 Å². The van der Waals surface area contributed by atoms with Gasteiger partial charge in [-0.2, -0.15) is 0 Å². The van der Waals surface area contributed by atoms with Crippen LogP contribution in [0.2, 0.25) is 0 Å². The SMILES string of the molecule is O=c1c(O)c(-c2ccc(O)cc2)oc2c(O)c(O[C@H]3O[C@@H](CO)[C@H](O)[C@H](O)[C@@H]3O)cc(O)c12. The Hall–Kier alpha value is -3.55. The topological polar surface area (TPSA) is 211 Å². The molecular formula is C21H20O12. The molecule has 0 aliphatic carbocycles. The summed E-state index contributed by atoms with van der Waals surface area (Å²) in [6, 6.07) is 6.02. The van der Waals surface area contributed by atoms with Gasteiger partial charge in [0.25, 0.3) is 0 Å². The van der Waals surface area contributed by atoms with Gasteiger partial charge in [-0.05, 0) is 24.3 Å². The van der Waals surface area contributed by atoms with Crippen LogP contribution >= 0.6 is 0 Å². The van der Waals surface area contributed by atoms with Crippen molar-refractivity contribution in [2.75, 3.05) is 6.61 Å². The van der Waals surface area contributed by atoms with E-state index in [0.29, 0.717) is 0 Å². The van der Waals surface area contributed by atoms with Crippen LogP contribution in [0.25, 0.3) is 22.3 Å². The third-order valence-electron chi connectivity index (χ3n) is 5.28. The molecule has 0 saturated carbocycles. The first-order chi connectivity index (χ1) is 15.6. The molecule has 3 aromatic rings. The summed E-state index contributed by atoms with van der Waals surface area (Å²) >= 11 is 0. The molecule has 12 nitrogen and oxygen atoms in total. The van der Waals surface area contributed by atoms with Gasteiger partial charge in [-0.3, -0.25) is 4.79 Å². The van der Waals surface area contributed by atoms with E-state index in [1.807, 2.05) is 0 Å². The number of aliphatic hydroxyl groups excluding tert-OH is 4. The van der Waals surface area contributed by atoms with Gasteiger partial charge in [0.1, 0.15) is 41.3 Å². The lowest BCUT2D eigenvalue weighted by molar-refractivity contribution is -0.277. The second-order valence-electron chi connectivity index (χ2n) is 7.42. The number of phenols is 3. The van der Waals surface area contributed by atoms with Crippen molar-refractivity contribution in [3.8, 4) is 40.1 Å². The highest BCUT2D eigenvalue weighted by Crippen LogP contribution is 2.43. The van der Waals surface area contributed by atoms with Gasteiger partial charge in [-0.25, -0.2) is 0 Å². The highest BCUT2D eigenvalue weighted by atomic mass is 16.7. The van der Waals surface area contributed by atoms with Crippen LogP contribution in [0.4, 0.5) is 0 Å². The summed E-state index contributed by atoms with van der Waals surface area (Å²) in [5, 5.41) is 79.4. The van der Waals surface area contributed by atoms with Crippen molar-refractivity contribution in [3.05, 3.63) is 40.6 Å². The van der Waals surface area contributed by atoms with Crippen LogP contribution < -0.4 is 10.2 Å². The molecule has 0 bridgehead atoms. The van der Waals surface area contributed by atoms with E-state index in [1.54, 1.807) is 0 Å². The number of hydrogen-bond acceptors (Lipinski definition) is 12. The Balaban J connectivity index is 1.81. The molecule has 1 aliphatic rings. The van der Waals surface area contributed by atoms with Crippen molar-refractivity contribution in [2.24, 2.45) is 0 Å². The third kappa shape index (κ3) is 3.79. The molecule has 0 spiro atoms. The Morgan fingerprint density at radius 2 is 1.58 bits per heavy atom. The minimum Gasteiger partial charge on any atom is -0.508 e. The smallest absolute Gasteiger partial charge is 0.238 e. The zero-order valence-corrected chi connectivity index (χ0v) is 16.7. The molecule has 176 valence electrons. The average Bonchev–Trinajstić information content (AvgIpc) is 2.79. The predicted octanol–water partition coefficient (Wildman–Crippen LogP) is -0.539. The Kier molecular flexibility index (Phi) is 5.78. The fourth-order valence-corrected chi connectivity index (χ4v) is 3.49. The molecule has 1 aromatic heterocycles. The minimum absolute atomic E-state index is 0.0860. The van der Waals surface area contributed by atoms with E-state index in [9.17, 15) is 45.6 Å². The molecule has 5 atom stereocenters. The molecule has 0 unspecified atom stereocenters. The predicted molar refractivity (Wildman–Crippen MR) is 109 cm³/mol. The number of ether oxygens (including phenoxy) is 2. The summed E-state index contributed by atoms with van der Waals surface area (Å²) in [7, 11) is 0. The fraction of sp³-hybridized carbons (Fsp3) is 0.286. The van der Waals surface area contributed by atoms with Gasteiger partial charge >= 0.3 is 0 Å². The zero-order valence-electron chi connectivity index (χ0n) is 16.7. The van der Waals surface area contributed by atoms with E-state index in [1.165, 1.54) is 24.3 Å². The van der Waals surface area contributed by atoms with Crippen molar-refractivity contribution in [2.45, 2.75) is 30.7 Å². The second-order valence-corrected chi connectivity index (χ2v) is 7.42. The molecule has 1 fully saturated rings. The molecule has 12 heteroatoms. The van der Waals surface area contributed by atoms with Gasteiger partial charge in [0.05, 0.1) is 6.61 Å².